The van der Waals surface area contributed by atoms with Crippen LogP contribution in [-0.2, 0) is 4.79 Å². The van der Waals surface area contributed by atoms with E-state index in [0.717, 1.165) is 25.8 Å². The Morgan fingerprint density at radius 3 is 2.25 bits per heavy atom. The van der Waals surface area contributed by atoms with Crippen LogP contribution in [0, 0.1) is 5.41 Å². The summed E-state index contributed by atoms with van der Waals surface area (Å²) < 4.78 is 0. The van der Waals surface area contributed by atoms with Gasteiger partial charge in [-0.3, -0.25) is 4.79 Å². The van der Waals surface area contributed by atoms with Crippen LogP contribution in [-0.4, -0.2) is 67.7 Å². The molecule has 1 saturated carbocycles. The molecule has 0 atom stereocenters. The first-order chi connectivity index (χ1) is 9.37. The number of carbonyl (C=O) groups is 2. The number of hydrogen-bond acceptors (Lipinski definition) is 3. The van der Waals surface area contributed by atoms with Gasteiger partial charge in [0.25, 0.3) is 0 Å². The number of hydrogen-bond donors (Lipinski definition) is 2. The lowest BCUT2D eigenvalue weighted by Gasteiger charge is -2.26. The lowest BCUT2D eigenvalue weighted by molar-refractivity contribution is -0.148. The van der Waals surface area contributed by atoms with Crippen molar-refractivity contribution in [3.63, 3.8) is 0 Å². The van der Waals surface area contributed by atoms with Crippen LogP contribution in [0.1, 0.15) is 32.1 Å². The number of amides is 2. The molecule has 0 heterocycles. The summed E-state index contributed by atoms with van der Waals surface area (Å²) in [6, 6.07) is -0.184. The molecule has 6 nitrogen and oxygen atoms in total. The molecule has 1 aliphatic carbocycles. The molecule has 0 aromatic carbocycles. The molecule has 1 fully saturated rings. The van der Waals surface area contributed by atoms with Gasteiger partial charge in [-0.25, -0.2) is 4.79 Å². The number of nitrogens with one attached hydrogen (secondary N) is 1. The molecule has 6 heteroatoms. The number of carboxylic acids is 1. The molecule has 1 rings (SSSR count). The van der Waals surface area contributed by atoms with Crippen molar-refractivity contribution in [2.45, 2.75) is 32.1 Å². The molecule has 0 aromatic rings. The number of carboxylic acid groups (broad SMARTS) is 1. The zero-order valence-electron chi connectivity index (χ0n) is 12.8. The highest BCUT2D eigenvalue weighted by molar-refractivity contribution is 5.78. The van der Waals surface area contributed by atoms with E-state index in [1.807, 2.05) is 14.1 Å². The second kappa shape index (κ2) is 7.47. The highest BCUT2D eigenvalue weighted by Gasteiger charge is 2.41. The van der Waals surface area contributed by atoms with E-state index >= 15 is 0 Å². The normalized spacial score (nSPS) is 17.2. The van der Waals surface area contributed by atoms with Crippen LogP contribution in [0.2, 0.25) is 0 Å². The van der Waals surface area contributed by atoms with Crippen LogP contribution in [0.15, 0.2) is 0 Å². The molecule has 2 amide bonds. The first kappa shape index (κ1) is 16.8. The van der Waals surface area contributed by atoms with E-state index in [2.05, 4.69) is 10.2 Å². The van der Waals surface area contributed by atoms with Crippen LogP contribution >= 0.6 is 0 Å². The van der Waals surface area contributed by atoms with Gasteiger partial charge in [0.05, 0.1) is 5.41 Å². The average Bonchev–Trinajstić information content (AvgIpc) is 2.85. The van der Waals surface area contributed by atoms with Crippen molar-refractivity contribution in [1.29, 1.82) is 0 Å². The first-order valence-corrected chi connectivity index (χ1v) is 7.24. The van der Waals surface area contributed by atoms with Gasteiger partial charge in [0.15, 0.2) is 0 Å². The topological polar surface area (TPSA) is 72.9 Å². The van der Waals surface area contributed by atoms with Crippen molar-refractivity contribution in [1.82, 2.24) is 15.1 Å². The predicted molar refractivity (Wildman–Crippen MR) is 77.7 cm³/mol. The molecule has 0 bridgehead atoms. The van der Waals surface area contributed by atoms with Crippen molar-refractivity contribution in [3.05, 3.63) is 0 Å². The smallest absolute Gasteiger partial charge is 0.317 e. The Labute approximate surface area is 121 Å². The summed E-state index contributed by atoms with van der Waals surface area (Å²) in [6.45, 7) is 1.83. The van der Waals surface area contributed by atoms with E-state index < -0.39 is 11.4 Å². The van der Waals surface area contributed by atoms with E-state index in [9.17, 15) is 14.7 Å². The third-order valence-corrected chi connectivity index (χ3v) is 4.04. The maximum Gasteiger partial charge on any atom is 0.317 e. The maximum absolute atomic E-state index is 11.9. The minimum absolute atomic E-state index is 0.184. The standard InChI is InChI=1S/C14H27N3O3/c1-16(2)9-6-10-17(3)13(20)15-11-14(12(18)19)7-4-5-8-14/h4-11H2,1-3H3,(H,15,20)(H,18,19). The summed E-state index contributed by atoms with van der Waals surface area (Å²) in [6.07, 6.45) is 4.09. The van der Waals surface area contributed by atoms with Crippen LogP contribution in [0.4, 0.5) is 4.79 Å². The maximum atomic E-state index is 11.9. The van der Waals surface area contributed by atoms with Crippen molar-refractivity contribution in [2.75, 3.05) is 40.8 Å². The lowest BCUT2D eigenvalue weighted by Crippen LogP contribution is -2.46. The molecule has 0 radical (unpaired) electrons. The molecule has 20 heavy (non-hydrogen) atoms. The summed E-state index contributed by atoms with van der Waals surface area (Å²) in [4.78, 5) is 27.0. The van der Waals surface area contributed by atoms with Crippen LogP contribution < -0.4 is 5.32 Å². The van der Waals surface area contributed by atoms with E-state index in [1.54, 1.807) is 11.9 Å². The van der Waals surface area contributed by atoms with Crippen molar-refractivity contribution in [2.24, 2.45) is 5.41 Å². The second-order valence-electron chi connectivity index (χ2n) is 6.03. The van der Waals surface area contributed by atoms with Gasteiger partial charge in [0.1, 0.15) is 0 Å². The van der Waals surface area contributed by atoms with Crippen molar-refractivity contribution < 1.29 is 14.7 Å². The predicted octanol–water partition coefficient (Wildman–Crippen LogP) is 1.22. The number of aliphatic carboxylic acids is 1. The highest BCUT2D eigenvalue weighted by atomic mass is 16.4. The minimum Gasteiger partial charge on any atom is -0.481 e. The fourth-order valence-electron chi connectivity index (χ4n) is 2.62. The fourth-order valence-corrected chi connectivity index (χ4v) is 2.62. The summed E-state index contributed by atoms with van der Waals surface area (Å²) in [7, 11) is 5.74. The molecule has 0 aliphatic heterocycles. The first-order valence-electron chi connectivity index (χ1n) is 7.24. The van der Waals surface area contributed by atoms with E-state index in [1.165, 1.54) is 0 Å². The zero-order valence-corrected chi connectivity index (χ0v) is 12.8. The zero-order chi connectivity index (χ0) is 15.2. The lowest BCUT2D eigenvalue weighted by atomic mass is 9.86. The Morgan fingerprint density at radius 1 is 1.15 bits per heavy atom. The number of rotatable bonds is 7. The second-order valence-corrected chi connectivity index (χ2v) is 6.03. The van der Waals surface area contributed by atoms with Gasteiger partial charge in [-0.2, -0.15) is 0 Å². The SMILES string of the molecule is CN(C)CCCN(C)C(=O)NCC1(C(=O)O)CCCC1. The highest BCUT2D eigenvalue weighted by Crippen LogP contribution is 2.37. The number of carbonyl (C=O) groups excluding carboxylic acids is 1. The van der Waals surface area contributed by atoms with Crippen molar-refractivity contribution >= 4 is 12.0 Å². The summed E-state index contributed by atoms with van der Waals surface area (Å²) in [5.41, 5.74) is -0.750. The van der Waals surface area contributed by atoms with Gasteiger partial charge < -0.3 is 20.2 Å². The molecule has 2 N–H and O–H groups in total. The monoisotopic (exact) mass is 285 g/mol. The molecule has 0 saturated heterocycles. The molecule has 0 unspecified atom stereocenters. The molecule has 0 aromatic heterocycles. The minimum atomic E-state index is -0.787. The average molecular weight is 285 g/mol. The largest absolute Gasteiger partial charge is 0.481 e. The third-order valence-electron chi connectivity index (χ3n) is 4.04. The Balaban J connectivity index is 2.36. The van der Waals surface area contributed by atoms with Gasteiger partial charge in [-0.1, -0.05) is 12.8 Å². The molecular formula is C14H27N3O3. The summed E-state index contributed by atoms with van der Waals surface area (Å²) in [5.74, 6) is -0.787. The van der Waals surface area contributed by atoms with Crippen molar-refractivity contribution in [3.8, 4) is 0 Å². The molecular weight excluding hydrogens is 258 g/mol. The van der Waals surface area contributed by atoms with Gasteiger partial charge in [-0.15, -0.1) is 0 Å². The molecule has 116 valence electrons. The Kier molecular flexibility index (Phi) is 6.26. The number of urea groups is 1. The van der Waals surface area contributed by atoms with Gasteiger partial charge in [-0.05, 0) is 39.9 Å². The quantitative estimate of drug-likeness (QED) is 0.738. The summed E-state index contributed by atoms with van der Waals surface area (Å²) in [5, 5.41) is 12.1. The van der Waals surface area contributed by atoms with Crippen LogP contribution in [0.5, 0.6) is 0 Å². The Morgan fingerprint density at radius 2 is 1.75 bits per heavy atom. The third kappa shape index (κ3) is 4.67. The van der Waals surface area contributed by atoms with E-state index in [4.69, 9.17) is 0 Å². The molecule has 0 spiro atoms. The van der Waals surface area contributed by atoms with E-state index in [0.29, 0.717) is 19.4 Å². The summed E-state index contributed by atoms with van der Waals surface area (Å²) >= 11 is 0. The van der Waals surface area contributed by atoms with E-state index in [-0.39, 0.29) is 12.6 Å². The van der Waals surface area contributed by atoms with Gasteiger partial charge in [0, 0.05) is 20.1 Å². The van der Waals surface area contributed by atoms with Gasteiger partial charge >= 0.3 is 12.0 Å². The van der Waals surface area contributed by atoms with Crippen LogP contribution in [0.3, 0.4) is 0 Å². The van der Waals surface area contributed by atoms with Gasteiger partial charge in [0.2, 0.25) is 0 Å². The fraction of sp³-hybridized carbons (Fsp3) is 0.857. The van der Waals surface area contributed by atoms with Crippen LogP contribution in [0.25, 0.3) is 0 Å². The number of nitrogens with zero attached hydrogens (tertiary/aromatic N) is 2. The Hall–Kier alpha value is -1.30. The Bertz CT molecular complexity index is 339. The molecule has 1 aliphatic rings.